The fourth-order valence-electron chi connectivity index (χ4n) is 2.18. The highest BCUT2D eigenvalue weighted by Gasteiger charge is 2.15. The Morgan fingerprint density at radius 2 is 1.81 bits per heavy atom. The van der Waals surface area contributed by atoms with Crippen molar-refractivity contribution in [2.24, 2.45) is 0 Å². The molecule has 0 saturated heterocycles. The standard InChI is InChI=1S/C14H9Cl2F2N3/c15-2-1-13-20-12-3-8(16)7-19-14(12)21(13)11-5-9(17)4-10(18)6-11/h3-7H,1-2H2. The van der Waals surface area contributed by atoms with Gasteiger partial charge in [0.2, 0.25) is 0 Å². The van der Waals surface area contributed by atoms with E-state index in [0.717, 1.165) is 6.07 Å². The summed E-state index contributed by atoms with van der Waals surface area (Å²) >= 11 is 11.7. The van der Waals surface area contributed by atoms with Crippen LogP contribution in [0, 0.1) is 11.6 Å². The van der Waals surface area contributed by atoms with Crippen LogP contribution in [0.4, 0.5) is 8.78 Å². The van der Waals surface area contributed by atoms with Crippen molar-refractivity contribution in [3.8, 4) is 5.69 Å². The molecule has 0 aliphatic rings. The van der Waals surface area contributed by atoms with Crippen LogP contribution in [0.5, 0.6) is 0 Å². The molecule has 2 aromatic heterocycles. The van der Waals surface area contributed by atoms with E-state index in [1.54, 1.807) is 10.6 Å². The van der Waals surface area contributed by atoms with Gasteiger partial charge in [0.25, 0.3) is 0 Å². The number of pyridine rings is 1. The van der Waals surface area contributed by atoms with Crippen LogP contribution >= 0.6 is 23.2 Å². The van der Waals surface area contributed by atoms with Crippen LogP contribution < -0.4 is 0 Å². The number of rotatable bonds is 3. The van der Waals surface area contributed by atoms with Crippen LogP contribution in [0.2, 0.25) is 5.02 Å². The Hall–Kier alpha value is -1.72. The van der Waals surface area contributed by atoms with Gasteiger partial charge in [0, 0.05) is 24.6 Å². The van der Waals surface area contributed by atoms with Gasteiger partial charge in [0.15, 0.2) is 5.65 Å². The molecule has 21 heavy (non-hydrogen) atoms. The van der Waals surface area contributed by atoms with E-state index in [9.17, 15) is 8.78 Å². The molecular weight excluding hydrogens is 319 g/mol. The second-order valence-corrected chi connectivity index (χ2v) is 5.24. The molecule has 0 bridgehead atoms. The number of fused-ring (bicyclic) bond motifs is 1. The fourth-order valence-corrected chi connectivity index (χ4v) is 2.50. The predicted octanol–water partition coefficient (Wildman–Crippen LogP) is 4.13. The SMILES string of the molecule is Fc1cc(F)cc(-n2c(CCCl)nc3cc(Cl)cnc32)c1. The fraction of sp³-hybridized carbons (Fsp3) is 0.143. The van der Waals surface area contributed by atoms with Gasteiger partial charge in [-0.3, -0.25) is 4.57 Å². The van der Waals surface area contributed by atoms with Gasteiger partial charge < -0.3 is 0 Å². The molecule has 1 aromatic carbocycles. The third-order valence-corrected chi connectivity index (χ3v) is 3.35. The van der Waals surface area contributed by atoms with Gasteiger partial charge in [-0.2, -0.15) is 0 Å². The van der Waals surface area contributed by atoms with Crippen molar-refractivity contribution in [3.05, 3.63) is 52.9 Å². The molecule has 0 amide bonds. The van der Waals surface area contributed by atoms with E-state index in [1.807, 2.05) is 0 Å². The summed E-state index contributed by atoms with van der Waals surface area (Å²) in [5, 5.41) is 0.440. The Bertz CT molecular complexity index is 797. The predicted molar refractivity (Wildman–Crippen MR) is 78.2 cm³/mol. The molecular formula is C14H9Cl2F2N3. The van der Waals surface area contributed by atoms with E-state index >= 15 is 0 Å². The molecule has 3 nitrogen and oxygen atoms in total. The number of nitrogens with zero attached hydrogens (tertiary/aromatic N) is 3. The van der Waals surface area contributed by atoms with Gasteiger partial charge in [-0.25, -0.2) is 18.7 Å². The first-order chi connectivity index (χ1) is 10.1. The zero-order valence-corrected chi connectivity index (χ0v) is 12.2. The minimum atomic E-state index is -0.669. The van der Waals surface area contributed by atoms with E-state index in [2.05, 4.69) is 9.97 Å². The summed E-state index contributed by atoms with van der Waals surface area (Å²) in [6.45, 7) is 0. The number of hydrogen-bond donors (Lipinski definition) is 0. The average molecular weight is 328 g/mol. The minimum Gasteiger partial charge on any atom is -0.280 e. The number of imidazole rings is 1. The Morgan fingerprint density at radius 3 is 2.48 bits per heavy atom. The van der Waals surface area contributed by atoms with Crippen molar-refractivity contribution in [3.63, 3.8) is 0 Å². The normalized spacial score (nSPS) is 11.2. The summed E-state index contributed by atoms with van der Waals surface area (Å²) in [5.41, 5.74) is 1.33. The van der Waals surface area contributed by atoms with Gasteiger partial charge in [-0.05, 0) is 18.2 Å². The number of halogens is 4. The second kappa shape index (κ2) is 5.58. The molecule has 0 saturated carbocycles. The van der Waals surface area contributed by atoms with Gasteiger partial charge >= 0.3 is 0 Å². The van der Waals surface area contributed by atoms with Gasteiger partial charge in [0.05, 0.1) is 10.7 Å². The molecule has 0 radical (unpaired) electrons. The number of aromatic nitrogens is 3. The number of alkyl halides is 1. The zero-order chi connectivity index (χ0) is 15.0. The average Bonchev–Trinajstić information content (AvgIpc) is 2.75. The van der Waals surface area contributed by atoms with Crippen molar-refractivity contribution in [1.82, 2.24) is 14.5 Å². The lowest BCUT2D eigenvalue weighted by Crippen LogP contribution is -2.04. The lowest BCUT2D eigenvalue weighted by Gasteiger charge is -2.08. The summed E-state index contributed by atoms with van der Waals surface area (Å²) in [6, 6.07) is 4.90. The zero-order valence-electron chi connectivity index (χ0n) is 10.7. The third kappa shape index (κ3) is 2.71. The van der Waals surface area contributed by atoms with E-state index in [4.69, 9.17) is 23.2 Å². The van der Waals surface area contributed by atoms with Crippen molar-refractivity contribution < 1.29 is 8.78 Å². The Morgan fingerprint density at radius 1 is 1.10 bits per heavy atom. The highest BCUT2D eigenvalue weighted by Crippen LogP contribution is 2.24. The maximum Gasteiger partial charge on any atom is 0.164 e. The maximum absolute atomic E-state index is 13.5. The molecule has 0 unspecified atom stereocenters. The highest BCUT2D eigenvalue weighted by atomic mass is 35.5. The molecule has 108 valence electrons. The monoisotopic (exact) mass is 327 g/mol. The summed E-state index contributed by atoms with van der Waals surface area (Å²) in [7, 11) is 0. The van der Waals surface area contributed by atoms with Crippen molar-refractivity contribution >= 4 is 34.4 Å². The molecule has 0 fully saturated rings. The second-order valence-electron chi connectivity index (χ2n) is 4.43. The Kier molecular flexibility index (Phi) is 3.78. The lowest BCUT2D eigenvalue weighted by molar-refractivity contribution is 0.581. The Labute approximate surface area is 129 Å². The number of aryl methyl sites for hydroxylation is 1. The van der Waals surface area contributed by atoms with Crippen molar-refractivity contribution in [2.75, 3.05) is 5.88 Å². The largest absolute Gasteiger partial charge is 0.280 e. The molecule has 7 heteroatoms. The number of hydrogen-bond acceptors (Lipinski definition) is 2. The molecule has 0 aliphatic heterocycles. The summed E-state index contributed by atoms with van der Waals surface area (Å²) < 4.78 is 28.5. The van der Waals surface area contributed by atoms with E-state index in [1.165, 1.54) is 18.3 Å². The third-order valence-electron chi connectivity index (χ3n) is 2.96. The van der Waals surface area contributed by atoms with Crippen LogP contribution in [-0.2, 0) is 6.42 Å². The number of benzene rings is 1. The topological polar surface area (TPSA) is 30.7 Å². The maximum atomic E-state index is 13.5. The molecule has 3 aromatic rings. The highest BCUT2D eigenvalue weighted by molar-refractivity contribution is 6.31. The van der Waals surface area contributed by atoms with Gasteiger partial charge in [-0.1, -0.05) is 11.6 Å². The molecule has 0 N–H and O–H groups in total. The first-order valence-corrected chi connectivity index (χ1v) is 7.05. The van der Waals surface area contributed by atoms with Gasteiger partial charge in [-0.15, -0.1) is 11.6 Å². The van der Waals surface area contributed by atoms with Crippen LogP contribution in [-0.4, -0.2) is 20.4 Å². The summed E-state index contributed by atoms with van der Waals surface area (Å²) in [6.07, 6.45) is 1.90. The first kappa shape index (κ1) is 14.2. The van der Waals surface area contributed by atoms with Crippen molar-refractivity contribution in [1.29, 1.82) is 0 Å². The van der Waals surface area contributed by atoms with E-state index < -0.39 is 11.6 Å². The Balaban J connectivity index is 2.30. The summed E-state index contributed by atoms with van der Waals surface area (Å²) in [5.74, 6) is -0.440. The summed E-state index contributed by atoms with van der Waals surface area (Å²) in [4.78, 5) is 8.59. The molecule has 0 spiro atoms. The molecule has 3 rings (SSSR count). The molecule has 0 aliphatic carbocycles. The first-order valence-electron chi connectivity index (χ1n) is 6.14. The molecule has 2 heterocycles. The van der Waals surface area contributed by atoms with Gasteiger partial charge in [0.1, 0.15) is 23.0 Å². The van der Waals surface area contributed by atoms with E-state index in [0.29, 0.717) is 40.0 Å². The minimum absolute atomic E-state index is 0.310. The quantitative estimate of drug-likeness (QED) is 0.677. The van der Waals surface area contributed by atoms with Crippen LogP contribution in [0.25, 0.3) is 16.9 Å². The van der Waals surface area contributed by atoms with Crippen LogP contribution in [0.15, 0.2) is 30.5 Å². The lowest BCUT2D eigenvalue weighted by atomic mass is 10.3. The van der Waals surface area contributed by atoms with Crippen molar-refractivity contribution in [2.45, 2.75) is 6.42 Å². The van der Waals surface area contributed by atoms with Crippen LogP contribution in [0.3, 0.4) is 0 Å². The smallest absolute Gasteiger partial charge is 0.164 e. The van der Waals surface area contributed by atoms with E-state index in [-0.39, 0.29) is 0 Å². The van der Waals surface area contributed by atoms with Crippen LogP contribution in [0.1, 0.15) is 5.82 Å². The molecule has 0 atom stereocenters.